The van der Waals surface area contributed by atoms with Gasteiger partial charge in [-0.25, -0.2) is 0 Å². The molecule has 0 aromatic carbocycles. The van der Waals surface area contributed by atoms with Crippen LogP contribution >= 0.6 is 0 Å². The Morgan fingerprint density at radius 2 is 1.86 bits per heavy atom. The van der Waals surface area contributed by atoms with E-state index in [0.717, 1.165) is 24.6 Å². The van der Waals surface area contributed by atoms with Crippen LogP contribution in [0.15, 0.2) is 12.1 Å². The van der Waals surface area contributed by atoms with Crippen LogP contribution in [0.25, 0.3) is 0 Å². The fourth-order valence-corrected chi connectivity index (χ4v) is 0.809. The molecule has 0 fully saturated rings. The molecular formula is C10H20N4. The molecule has 0 saturated heterocycles. The molecule has 4 heteroatoms. The summed E-state index contributed by atoms with van der Waals surface area (Å²) < 4.78 is 0. The SMILES string of the molecule is CC.CNCCNc1ccc(C)nn1. The minimum absolute atomic E-state index is 0.829. The van der Waals surface area contributed by atoms with E-state index in [1.165, 1.54) is 0 Å². The van der Waals surface area contributed by atoms with E-state index in [4.69, 9.17) is 0 Å². The number of nitrogens with zero attached hydrogens (tertiary/aromatic N) is 2. The van der Waals surface area contributed by atoms with Crippen LogP contribution in [-0.2, 0) is 0 Å². The van der Waals surface area contributed by atoms with Crippen LogP contribution in [0.3, 0.4) is 0 Å². The first-order chi connectivity index (χ1) is 6.83. The molecule has 2 N–H and O–H groups in total. The van der Waals surface area contributed by atoms with E-state index >= 15 is 0 Å². The Morgan fingerprint density at radius 3 is 2.36 bits per heavy atom. The summed E-state index contributed by atoms with van der Waals surface area (Å²) in [7, 11) is 1.92. The van der Waals surface area contributed by atoms with Crippen LogP contribution < -0.4 is 10.6 Å². The first-order valence-corrected chi connectivity index (χ1v) is 5.02. The lowest BCUT2D eigenvalue weighted by Gasteiger charge is -2.03. The molecule has 1 aromatic heterocycles. The predicted octanol–water partition coefficient (Wildman–Crippen LogP) is 1.44. The van der Waals surface area contributed by atoms with Crippen LogP contribution in [-0.4, -0.2) is 30.3 Å². The van der Waals surface area contributed by atoms with E-state index < -0.39 is 0 Å². The second kappa shape index (κ2) is 8.44. The van der Waals surface area contributed by atoms with Gasteiger partial charge in [0.15, 0.2) is 0 Å². The Balaban J connectivity index is 0.000000791. The molecule has 0 radical (unpaired) electrons. The lowest BCUT2D eigenvalue weighted by Crippen LogP contribution is -2.18. The third kappa shape index (κ3) is 5.48. The van der Waals surface area contributed by atoms with E-state index in [1.54, 1.807) is 0 Å². The number of nitrogens with one attached hydrogen (secondary N) is 2. The Bertz CT molecular complexity index is 220. The second-order valence-corrected chi connectivity index (χ2v) is 2.59. The lowest BCUT2D eigenvalue weighted by molar-refractivity contribution is 0.817. The third-order valence-corrected chi connectivity index (χ3v) is 1.48. The van der Waals surface area contributed by atoms with Crippen molar-refractivity contribution >= 4 is 5.82 Å². The molecule has 0 bridgehead atoms. The van der Waals surface area contributed by atoms with Crippen molar-refractivity contribution in [1.29, 1.82) is 0 Å². The molecule has 0 aliphatic heterocycles. The average Bonchev–Trinajstić information content (AvgIpc) is 2.24. The Labute approximate surface area is 86.1 Å². The van der Waals surface area contributed by atoms with E-state index in [9.17, 15) is 0 Å². The van der Waals surface area contributed by atoms with Gasteiger partial charge >= 0.3 is 0 Å². The van der Waals surface area contributed by atoms with Gasteiger partial charge in [0, 0.05) is 13.1 Å². The molecule has 0 aliphatic carbocycles. The zero-order chi connectivity index (χ0) is 10.8. The van der Waals surface area contributed by atoms with Gasteiger partial charge in [0.1, 0.15) is 5.82 Å². The summed E-state index contributed by atoms with van der Waals surface area (Å²) in [5.74, 6) is 0.829. The summed E-state index contributed by atoms with van der Waals surface area (Å²) in [6.07, 6.45) is 0. The van der Waals surface area contributed by atoms with Crippen molar-refractivity contribution in [3.05, 3.63) is 17.8 Å². The van der Waals surface area contributed by atoms with Crippen molar-refractivity contribution in [2.75, 3.05) is 25.5 Å². The van der Waals surface area contributed by atoms with Crippen molar-refractivity contribution in [2.45, 2.75) is 20.8 Å². The van der Waals surface area contributed by atoms with Crippen LogP contribution in [0.1, 0.15) is 19.5 Å². The normalized spacial score (nSPS) is 8.86. The number of aromatic nitrogens is 2. The molecule has 0 saturated carbocycles. The molecule has 1 rings (SSSR count). The summed E-state index contributed by atoms with van der Waals surface area (Å²) in [4.78, 5) is 0. The molecule has 0 atom stereocenters. The average molecular weight is 196 g/mol. The molecule has 1 heterocycles. The highest BCUT2D eigenvalue weighted by atomic mass is 15.2. The Morgan fingerprint density at radius 1 is 1.14 bits per heavy atom. The quantitative estimate of drug-likeness (QED) is 0.715. The number of likely N-dealkylation sites (N-methyl/N-ethyl adjacent to an activating group) is 1. The lowest BCUT2D eigenvalue weighted by atomic mass is 10.4. The largest absolute Gasteiger partial charge is 0.367 e. The molecule has 14 heavy (non-hydrogen) atoms. The number of rotatable bonds is 4. The van der Waals surface area contributed by atoms with E-state index in [2.05, 4.69) is 20.8 Å². The number of hydrogen-bond acceptors (Lipinski definition) is 4. The minimum Gasteiger partial charge on any atom is -0.367 e. The number of hydrogen-bond donors (Lipinski definition) is 2. The van der Waals surface area contributed by atoms with E-state index in [-0.39, 0.29) is 0 Å². The van der Waals surface area contributed by atoms with Crippen molar-refractivity contribution < 1.29 is 0 Å². The smallest absolute Gasteiger partial charge is 0.148 e. The maximum absolute atomic E-state index is 3.96. The van der Waals surface area contributed by atoms with Crippen LogP contribution in [0.2, 0.25) is 0 Å². The van der Waals surface area contributed by atoms with Gasteiger partial charge in [0.05, 0.1) is 5.69 Å². The summed E-state index contributed by atoms with van der Waals surface area (Å²) in [6, 6.07) is 3.87. The molecule has 4 nitrogen and oxygen atoms in total. The maximum Gasteiger partial charge on any atom is 0.148 e. The third-order valence-electron chi connectivity index (χ3n) is 1.48. The Kier molecular flexibility index (Phi) is 7.74. The summed E-state index contributed by atoms with van der Waals surface area (Å²) >= 11 is 0. The van der Waals surface area contributed by atoms with E-state index in [1.807, 2.05) is 40.0 Å². The van der Waals surface area contributed by atoms with Crippen LogP contribution in [0.5, 0.6) is 0 Å². The van der Waals surface area contributed by atoms with Crippen molar-refractivity contribution in [3.8, 4) is 0 Å². The zero-order valence-corrected chi connectivity index (χ0v) is 9.46. The molecule has 80 valence electrons. The fraction of sp³-hybridized carbons (Fsp3) is 0.600. The molecular weight excluding hydrogens is 176 g/mol. The zero-order valence-electron chi connectivity index (χ0n) is 9.46. The molecule has 1 aromatic rings. The summed E-state index contributed by atoms with van der Waals surface area (Å²) in [5, 5.41) is 14.1. The van der Waals surface area contributed by atoms with Crippen LogP contribution in [0.4, 0.5) is 5.82 Å². The van der Waals surface area contributed by atoms with Gasteiger partial charge in [0.2, 0.25) is 0 Å². The number of aryl methyl sites for hydroxylation is 1. The molecule has 0 unspecified atom stereocenters. The van der Waals surface area contributed by atoms with Gasteiger partial charge in [-0.2, -0.15) is 5.10 Å². The second-order valence-electron chi connectivity index (χ2n) is 2.59. The summed E-state index contributed by atoms with van der Waals surface area (Å²) in [5.41, 5.74) is 0.939. The fourth-order valence-electron chi connectivity index (χ4n) is 0.809. The van der Waals surface area contributed by atoms with Gasteiger partial charge in [0.25, 0.3) is 0 Å². The van der Waals surface area contributed by atoms with Gasteiger partial charge < -0.3 is 10.6 Å². The Hall–Kier alpha value is -1.16. The van der Waals surface area contributed by atoms with Crippen molar-refractivity contribution in [1.82, 2.24) is 15.5 Å². The van der Waals surface area contributed by atoms with Crippen molar-refractivity contribution in [2.24, 2.45) is 0 Å². The van der Waals surface area contributed by atoms with Crippen molar-refractivity contribution in [3.63, 3.8) is 0 Å². The molecule has 0 spiro atoms. The molecule has 0 aliphatic rings. The highest BCUT2D eigenvalue weighted by molar-refractivity contribution is 5.32. The first kappa shape index (κ1) is 12.8. The maximum atomic E-state index is 3.96. The summed E-state index contributed by atoms with van der Waals surface area (Å²) in [6.45, 7) is 7.72. The topological polar surface area (TPSA) is 49.8 Å². The van der Waals surface area contributed by atoms with E-state index in [0.29, 0.717) is 0 Å². The highest BCUT2D eigenvalue weighted by Gasteiger charge is 1.91. The monoisotopic (exact) mass is 196 g/mol. The highest BCUT2D eigenvalue weighted by Crippen LogP contribution is 1.99. The van der Waals surface area contributed by atoms with Crippen LogP contribution in [0, 0.1) is 6.92 Å². The van der Waals surface area contributed by atoms with Gasteiger partial charge in [-0.15, -0.1) is 5.10 Å². The molecule has 0 amide bonds. The first-order valence-electron chi connectivity index (χ1n) is 5.02. The van der Waals surface area contributed by atoms with Gasteiger partial charge in [-0.3, -0.25) is 0 Å². The minimum atomic E-state index is 0.829. The van der Waals surface area contributed by atoms with Gasteiger partial charge in [-0.05, 0) is 26.1 Å². The van der Waals surface area contributed by atoms with Gasteiger partial charge in [-0.1, -0.05) is 13.8 Å². The predicted molar refractivity (Wildman–Crippen MR) is 60.5 cm³/mol. The number of anilines is 1. The standard InChI is InChI=1S/C8H14N4.C2H6/c1-7-3-4-8(12-11-7)10-6-5-9-2;1-2/h3-4,9H,5-6H2,1-2H3,(H,10,12);1-2H3.